The van der Waals surface area contributed by atoms with Gasteiger partial charge < -0.3 is 4.74 Å². The molecule has 5 nitrogen and oxygen atoms in total. The summed E-state index contributed by atoms with van der Waals surface area (Å²) in [4.78, 5) is 6.16. The topological polar surface area (TPSA) is 52.8 Å². The average molecular weight is 503 g/mol. The Bertz CT molecular complexity index is 1200. The molecular weight excluding hydrogens is 480 g/mol. The Hall–Kier alpha value is -1.71. The summed E-state index contributed by atoms with van der Waals surface area (Å²) in [7, 11) is 0. The Labute approximate surface area is 204 Å². The SMILES string of the molecule is CCc1cc(-c2nnc(SCc3csc(-c4ccccc4Cl)n3)n2CC2CCCO2)cs1. The van der Waals surface area contributed by atoms with Crippen LogP contribution in [0, 0.1) is 0 Å². The molecule has 9 heteroatoms. The lowest BCUT2D eigenvalue weighted by atomic mass is 10.2. The molecule has 1 saturated heterocycles. The number of hydrogen-bond acceptors (Lipinski definition) is 7. The second-order valence-corrected chi connectivity index (χ2v) is 10.8. The molecule has 5 rings (SSSR count). The molecule has 166 valence electrons. The summed E-state index contributed by atoms with van der Waals surface area (Å²) in [5, 5.41) is 16.0. The fraction of sp³-hybridized carbons (Fsp3) is 0.348. The molecule has 1 atom stereocenters. The van der Waals surface area contributed by atoms with Crippen LogP contribution in [0.1, 0.15) is 30.3 Å². The van der Waals surface area contributed by atoms with Gasteiger partial charge in [0.25, 0.3) is 0 Å². The van der Waals surface area contributed by atoms with Crippen molar-refractivity contribution in [3.05, 3.63) is 56.7 Å². The Morgan fingerprint density at radius 1 is 1.22 bits per heavy atom. The van der Waals surface area contributed by atoms with Crippen LogP contribution in [-0.2, 0) is 23.5 Å². The molecule has 1 aliphatic rings. The number of benzene rings is 1. The molecule has 0 spiro atoms. The Kier molecular flexibility index (Phi) is 6.94. The van der Waals surface area contributed by atoms with Gasteiger partial charge in [-0.3, -0.25) is 4.57 Å². The zero-order valence-corrected chi connectivity index (χ0v) is 20.9. The van der Waals surface area contributed by atoms with Crippen LogP contribution in [-0.4, -0.2) is 32.5 Å². The van der Waals surface area contributed by atoms with Crippen molar-refractivity contribution < 1.29 is 4.74 Å². The first-order valence-electron chi connectivity index (χ1n) is 10.7. The maximum atomic E-state index is 6.34. The molecule has 1 fully saturated rings. The van der Waals surface area contributed by atoms with Gasteiger partial charge in [-0.2, -0.15) is 0 Å². The van der Waals surface area contributed by atoms with Crippen molar-refractivity contribution >= 4 is 46.0 Å². The van der Waals surface area contributed by atoms with E-state index in [0.29, 0.717) is 0 Å². The minimum atomic E-state index is 0.222. The summed E-state index contributed by atoms with van der Waals surface area (Å²) < 4.78 is 8.14. The Balaban J connectivity index is 1.37. The van der Waals surface area contributed by atoms with E-state index in [1.165, 1.54) is 4.88 Å². The van der Waals surface area contributed by atoms with E-state index >= 15 is 0 Å². The van der Waals surface area contributed by atoms with Gasteiger partial charge in [-0.25, -0.2) is 4.98 Å². The number of hydrogen-bond donors (Lipinski definition) is 0. The number of halogens is 1. The van der Waals surface area contributed by atoms with Gasteiger partial charge in [-0.15, -0.1) is 32.9 Å². The van der Waals surface area contributed by atoms with Crippen molar-refractivity contribution in [1.82, 2.24) is 19.7 Å². The molecule has 0 amide bonds. The number of nitrogens with zero attached hydrogens (tertiary/aromatic N) is 4. The van der Waals surface area contributed by atoms with Crippen LogP contribution in [0.15, 0.2) is 46.2 Å². The van der Waals surface area contributed by atoms with Crippen molar-refractivity contribution in [1.29, 1.82) is 0 Å². The molecule has 0 saturated carbocycles. The van der Waals surface area contributed by atoms with Crippen LogP contribution in [0.3, 0.4) is 0 Å². The number of aryl methyl sites for hydroxylation is 1. The second-order valence-electron chi connectivity index (χ2n) is 7.62. The van der Waals surface area contributed by atoms with E-state index < -0.39 is 0 Å². The van der Waals surface area contributed by atoms with E-state index in [1.807, 2.05) is 24.3 Å². The smallest absolute Gasteiger partial charge is 0.191 e. The van der Waals surface area contributed by atoms with Crippen molar-refractivity contribution in [2.75, 3.05) is 6.61 Å². The summed E-state index contributed by atoms with van der Waals surface area (Å²) in [6, 6.07) is 10.1. The number of rotatable bonds is 8. The van der Waals surface area contributed by atoms with Crippen molar-refractivity contribution in [2.45, 2.75) is 49.7 Å². The zero-order chi connectivity index (χ0) is 21.9. The van der Waals surface area contributed by atoms with Crippen LogP contribution in [0.4, 0.5) is 0 Å². The van der Waals surface area contributed by atoms with Crippen LogP contribution in [0.5, 0.6) is 0 Å². The monoisotopic (exact) mass is 502 g/mol. The first kappa shape index (κ1) is 22.1. The summed E-state index contributed by atoms with van der Waals surface area (Å²) >= 11 is 11.4. The molecule has 1 aromatic carbocycles. The van der Waals surface area contributed by atoms with Crippen LogP contribution in [0.25, 0.3) is 22.0 Å². The predicted molar refractivity (Wildman–Crippen MR) is 134 cm³/mol. The molecule has 0 radical (unpaired) electrons. The summed E-state index contributed by atoms with van der Waals surface area (Å²) in [5.74, 6) is 1.66. The minimum absolute atomic E-state index is 0.222. The largest absolute Gasteiger partial charge is 0.376 e. The van der Waals surface area contributed by atoms with E-state index in [2.05, 4.69) is 38.5 Å². The Morgan fingerprint density at radius 2 is 2.12 bits per heavy atom. The second kappa shape index (κ2) is 10.1. The highest BCUT2D eigenvalue weighted by Crippen LogP contribution is 2.33. The standard InChI is InChI=1S/C23H23ClN4OS3/c1-2-18-10-15(12-30-18)21-26-27-23(28(21)11-17-6-5-9-29-17)32-14-16-13-31-22(25-16)19-7-3-4-8-20(19)24/h3-4,7-8,10,12-13,17H,2,5-6,9,11,14H2,1H3. The number of thioether (sulfide) groups is 1. The average Bonchev–Trinajstić information content (AvgIpc) is 3.60. The summed E-state index contributed by atoms with van der Waals surface area (Å²) in [5.41, 5.74) is 3.13. The van der Waals surface area contributed by atoms with E-state index in [9.17, 15) is 0 Å². The molecule has 3 aromatic heterocycles. The quantitative estimate of drug-likeness (QED) is 0.247. The third-order valence-corrected chi connectivity index (χ3v) is 8.73. The predicted octanol–water partition coefficient (Wildman–Crippen LogP) is 6.82. The first-order chi connectivity index (χ1) is 15.7. The Morgan fingerprint density at radius 3 is 2.91 bits per heavy atom. The van der Waals surface area contributed by atoms with Crippen LogP contribution in [0.2, 0.25) is 5.02 Å². The molecule has 1 aliphatic heterocycles. The summed E-state index contributed by atoms with van der Waals surface area (Å²) in [6.07, 6.45) is 3.45. The first-order valence-corrected chi connectivity index (χ1v) is 13.8. The van der Waals surface area contributed by atoms with Crippen LogP contribution >= 0.6 is 46.0 Å². The van der Waals surface area contributed by atoms with Gasteiger partial charge in [0.05, 0.1) is 23.4 Å². The molecular formula is C23H23ClN4OS3. The van der Waals surface area contributed by atoms with E-state index in [-0.39, 0.29) is 6.10 Å². The van der Waals surface area contributed by atoms with Crippen molar-refractivity contribution in [2.24, 2.45) is 0 Å². The molecule has 1 unspecified atom stereocenters. The molecule has 4 aromatic rings. The van der Waals surface area contributed by atoms with Gasteiger partial charge in [0.15, 0.2) is 11.0 Å². The number of ether oxygens (including phenoxy) is 1. The minimum Gasteiger partial charge on any atom is -0.376 e. The molecule has 0 N–H and O–H groups in total. The van der Waals surface area contributed by atoms with E-state index in [4.69, 9.17) is 21.3 Å². The zero-order valence-electron chi connectivity index (χ0n) is 17.7. The molecule has 32 heavy (non-hydrogen) atoms. The van der Waals surface area contributed by atoms with Crippen molar-refractivity contribution in [3.63, 3.8) is 0 Å². The van der Waals surface area contributed by atoms with E-state index in [1.54, 1.807) is 34.4 Å². The lowest BCUT2D eigenvalue weighted by Crippen LogP contribution is -2.16. The lowest BCUT2D eigenvalue weighted by Gasteiger charge is -2.14. The van der Waals surface area contributed by atoms with Gasteiger partial charge in [0.2, 0.25) is 0 Å². The normalized spacial score (nSPS) is 16.1. The van der Waals surface area contributed by atoms with Gasteiger partial charge in [0.1, 0.15) is 5.01 Å². The van der Waals surface area contributed by atoms with Gasteiger partial charge in [-0.05, 0) is 31.4 Å². The maximum Gasteiger partial charge on any atom is 0.191 e. The number of thiophene rings is 1. The third-order valence-electron chi connectivity index (χ3n) is 5.39. The fourth-order valence-corrected chi connectivity index (χ4v) is 6.62. The molecule has 0 aliphatic carbocycles. The number of aromatic nitrogens is 4. The van der Waals surface area contributed by atoms with Crippen molar-refractivity contribution in [3.8, 4) is 22.0 Å². The highest BCUT2D eigenvalue weighted by atomic mass is 35.5. The van der Waals surface area contributed by atoms with Crippen LogP contribution < -0.4 is 0 Å². The lowest BCUT2D eigenvalue weighted by molar-refractivity contribution is 0.0953. The van der Waals surface area contributed by atoms with E-state index in [0.717, 1.165) is 76.0 Å². The summed E-state index contributed by atoms with van der Waals surface area (Å²) in [6.45, 7) is 3.80. The highest BCUT2D eigenvalue weighted by Gasteiger charge is 2.22. The van der Waals surface area contributed by atoms with Gasteiger partial charge in [-0.1, -0.05) is 48.5 Å². The molecule has 0 bridgehead atoms. The highest BCUT2D eigenvalue weighted by molar-refractivity contribution is 7.98. The maximum absolute atomic E-state index is 6.34. The third kappa shape index (κ3) is 4.79. The van der Waals surface area contributed by atoms with Gasteiger partial charge in [0, 0.05) is 39.1 Å². The number of thiazole rings is 1. The van der Waals surface area contributed by atoms with Gasteiger partial charge >= 0.3 is 0 Å². The molecule has 4 heterocycles. The fourth-order valence-electron chi connectivity index (χ4n) is 3.72.